The molecule has 0 bridgehead atoms. The molecule has 136 valence electrons. The number of rotatable bonds is 6. The third-order valence-electron chi connectivity index (χ3n) is 4.50. The average Bonchev–Trinajstić information content (AvgIpc) is 3.33. The fourth-order valence-electron chi connectivity index (χ4n) is 3.06. The molecule has 0 spiro atoms. The Morgan fingerprint density at radius 2 is 1.81 bits per heavy atom. The van der Waals surface area contributed by atoms with Gasteiger partial charge in [-0.25, -0.2) is 0 Å². The van der Waals surface area contributed by atoms with Crippen LogP contribution in [0.2, 0.25) is 0 Å². The summed E-state index contributed by atoms with van der Waals surface area (Å²) in [7, 11) is 1.79. The number of hydrogen-bond acceptors (Lipinski definition) is 4. The van der Waals surface area contributed by atoms with Crippen molar-refractivity contribution in [2.24, 2.45) is 0 Å². The van der Waals surface area contributed by atoms with Gasteiger partial charge >= 0.3 is 0 Å². The van der Waals surface area contributed by atoms with Gasteiger partial charge in [0, 0.05) is 22.7 Å². The molecule has 2 aromatic heterocycles. The lowest BCUT2D eigenvalue weighted by molar-refractivity contribution is 0.0745. The number of hydrogen-bond donors (Lipinski definition) is 0. The lowest BCUT2D eigenvalue weighted by Gasteiger charge is -2.13. The monoisotopic (exact) mass is 376 g/mol. The molecule has 0 fully saturated rings. The minimum absolute atomic E-state index is 0.147. The quantitative estimate of drug-likeness (QED) is 0.478. The first-order chi connectivity index (χ1) is 13.2. The van der Waals surface area contributed by atoms with Crippen molar-refractivity contribution in [1.29, 1.82) is 0 Å². The van der Waals surface area contributed by atoms with E-state index < -0.39 is 0 Å². The molecule has 0 aliphatic heterocycles. The van der Waals surface area contributed by atoms with Crippen LogP contribution in [0.3, 0.4) is 0 Å². The summed E-state index contributed by atoms with van der Waals surface area (Å²) < 4.78 is 6.53. The van der Waals surface area contributed by atoms with Gasteiger partial charge in [-0.3, -0.25) is 4.79 Å². The fourth-order valence-corrected chi connectivity index (χ4v) is 4.17. The molecule has 0 radical (unpaired) electrons. The summed E-state index contributed by atoms with van der Waals surface area (Å²) in [6.45, 7) is 0.554. The highest BCUT2D eigenvalue weighted by atomic mass is 32.1. The van der Waals surface area contributed by atoms with E-state index in [1.807, 2.05) is 30.3 Å². The van der Waals surface area contributed by atoms with Crippen LogP contribution in [0.5, 0.6) is 0 Å². The van der Waals surface area contributed by atoms with Gasteiger partial charge in [0.2, 0.25) is 5.76 Å². The maximum Gasteiger partial charge on any atom is 0.292 e. The fraction of sp³-hybridized carbons (Fsp3) is 0.182. The Labute approximate surface area is 162 Å². The minimum Gasteiger partial charge on any atom is -0.351 e. The molecule has 0 unspecified atom stereocenters. The van der Waals surface area contributed by atoms with E-state index in [-0.39, 0.29) is 5.91 Å². The van der Waals surface area contributed by atoms with E-state index in [4.69, 9.17) is 4.52 Å². The van der Waals surface area contributed by atoms with E-state index in [1.165, 1.54) is 15.6 Å². The summed E-state index contributed by atoms with van der Waals surface area (Å²) >= 11 is 1.71. The van der Waals surface area contributed by atoms with Gasteiger partial charge in [-0.05, 0) is 35.9 Å². The molecule has 0 saturated heterocycles. The topological polar surface area (TPSA) is 46.3 Å². The van der Waals surface area contributed by atoms with Crippen LogP contribution < -0.4 is 0 Å². The molecule has 4 rings (SSSR count). The summed E-state index contributed by atoms with van der Waals surface area (Å²) in [4.78, 5) is 15.5. The number of amides is 1. The molecular formula is C22H20N2O2S. The maximum absolute atomic E-state index is 12.6. The van der Waals surface area contributed by atoms with E-state index in [0.29, 0.717) is 12.3 Å². The molecule has 0 N–H and O–H groups in total. The Morgan fingerprint density at radius 3 is 2.63 bits per heavy atom. The van der Waals surface area contributed by atoms with E-state index >= 15 is 0 Å². The lowest BCUT2D eigenvalue weighted by Crippen LogP contribution is -2.25. The molecule has 27 heavy (non-hydrogen) atoms. The summed E-state index contributed by atoms with van der Waals surface area (Å²) in [5.41, 5.74) is 2.05. The van der Waals surface area contributed by atoms with Gasteiger partial charge in [0.05, 0.1) is 12.2 Å². The average molecular weight is 376 g/mol. The third-order valence-corrected chi connectivity index (χ3v) is 5.60. The van der Waals surface area contributed by atoms with Crippen molar-refractivity contribution in [3.63, 3.8) is 0 Å². The summed E-state index contributed by atoms with van der Waals surface area (Å²) in [5.74, 6) is 0.146. The van der Waals surface area contributed by atoms with Gasteiger partial charge in [-0.1, -0.05) is 53.7 Å². The molecule has 1 amide bonds. The standard InChI is InChI=1S/C22H20N2O2S/c1-24(15-19-13-17-9-5-6-10-21(17)27-19)22(25)20-14-18(23-26-20)12-11-16-7-3-2-4-8-16/h2-10,13-14H,11-12,15H2,1H3. The SMILES string of the molecule is CN(Cc1cc2ccccc2s1)C(=O)c1cc(CCc2ccccc2)no1. The van der Waals surface area contributed by atoms with Crippen molar-refractivity contribution >= 4 is 27.3 Å². The van der Waals surface area contributed by atoms with E-state index in [2.05, 4.69) is 35.5 Å². The molecule has 4 nitrogen and oxygen atoms in total. The number of carbonyl (C=O) groups is 1. The molecule has 0 aliphatic rings. The second-order valence-electron chi connectivity index (χ2n) is 6.58. The van der Waals surface area contributed by atoms with Crippen molar-refractivity contribution in [2.45, 2.75) is 19.4 Å². The number of aryl methyl sites for hydroxylation is 2. The van der Waals surface area contributed by atoms with Crippen molar-refractivity contribution in [1.82, 2.24) is 10.1 Å². The van der Waals surface area contributed by atoms with Gasteiger partial charge < -0.3 is 9.42 Å². The van der Waals surface area contributed by atoms with Crippen LogP contribution in [0, 0.1) is 0 Å². The first-order valence-corrected chi connectivity index (χ1v) is 9.73. The molecule has 2 aromatic carbocycles. The number of carbonyl (C=O) groups excluding carboxylic acids is 1. The predicted octanol–water partition coefficient (Wildman–Crippen LogP) is 4.95. The molecule has 0 saturated carbocycles. The highest BCUT2D eigenvalue weighted by Gasteiger charge is 2.18. The van der Waals surface area contributed by atoms with E-state index in [0.717, 1.165) is 23.4 Å². The Bertz CT molecular complexity index is 1020. The predicted molar refractivity (Wildman–Crippen MR) is 108 cm³/mol. The van der Waals surface area contributed by atoms with Crippen LogP contribution in [0.4, 0.5) is 0 Å². The normalized spacial score (nSPS) is 11.0. The Kier molecular flexibility index (Phi) is 5.03. The Balaban J connectivity index is 1.39. The van der Waals surface area contributed by atoms with Crippen LogP contribution in [-0.2, 0) is 19.4 Å². The number of fused-ring (bicyclic) bond motifs is 1. The lowest BCUT2D eigenvalue weighted by atomic mass is 10.1. The molecule has 2 heterocycles. The zero-order valence-electron chi connectivity index (χ0n) is 15.1. The van der Waals surface area contributed by atoms with Gasteiger partial charge in [0.25, 0.3) is 5.91 Å². The molecule has 5 heteroatoms. The second kappa shape index (κ2) is 7.76. The Hall–Kier alpha value is -2.92. The Morgan fingerprint density at radius 1 is 1.04 bits per heavy atom. The highest BCUT2D eigenvalue weighted by molar-refractivity contribution is 7.19. The maximum atomic E-state index is 12.6. The molecule has 4 aromatic rings. The van der Waals surface area contributed by atoms with Crippen LogP contribution in [0.15, 0.2) is 71.3 Å². The first-order valence-electron chi connectivity index (χ1n) is 8.91. The van der Waals surface area contributed by atoms with Gasteiger partial charge in [0.15, 0.2) is 0 Å². The van der Waals surface area contributed by atoms with Crippen LogP contribution >= 0.6 is 11.3 Å². The van der Waals surface area contributed by atoms with Gasteiger partial charge in [0.1, 0.15) is 0 Å². The van der Waals surface area contributed by atoms with Crippen molar-refractivity contribution in [3.05, 3.63) is 88.6 Å². The summed E-state index contributed by atoms with van der Waals surface area (Å²) in [6.07, 6.45) is 1.62. The summed E-state index contributed by atoms with van der Waals surface area (Å²) in [5, 5.41) is 5.27. The molecular weight excluding hydrogens is 356 g/mol. The zero-order valence-corrected chi connectivity index (χ0v) is 15.9. The largest absolute Gasteiger partial charge is 0.351 e. The smallest absolute Gasteiger partial charge is 0.292 e. The first kappa shape index (κ1) is 17.5. The van der Waals surface area contributed by atoms with Crippen molar-refractivity contribution < 1.29 is 9.32 Å². The van der Waals surface area contributed by atoms with E-state index in [1.54, 1.807) is 29.4 Å². The number of benzene rings is 2. The zero-order chi connectivity index (χ0) is 18.6. The summed E-state index contributed by atoms with van der Waals surface area (Å²) in [6, 6.07) is 22.4. The van der Waals surface area contributed by atoms with Crippen LogP contribution in [0.25, 0.3) is 10.1 Å². The number of thiophene rings is 1. The molecule has 0 aliphatic carbocycles. The van der Waals surface area contributed by atoms with Crippen LogP contribution in [0.1, 0.15) is 26.7 Å². The van der Waals surface area contributed by atoms with Gasteiger partial charge in [-0.2, -0.15) is 0 Å². The third kappa shape index (κ3) is 4.09. The number of aromatic nitrogens is 1. The van der Waals surface area contributed by atoms with E-state index in [9.17, 15) is 4.79 Å². The van der Waals surface area contributed by atoms with Crippen molar-refractivity contribution in [3.8, 4) is 0 Å². The second-order valence-corrected chi connectivity index (χ2v) is 7.75. The van der Waals surface area contributed by atoms with Crippen LogP contribution in [-0.4, -0.2) is 23.0 Å². The minimum atomic E-state index is -0.147. The highest BCUT2D eigenvalue weighted by Crippen LogP contribution is 2.26. The number of nitrogens with zero attached hydrogens (tertiary/aromatic N) is 2. The molecule has 0 atom stereocenters. The van der Waals surface area contributed by atoms with Crippen molar-refractivity contribution in [2.75, 3.05) is 7.05 Å². The van der Waals surface area contributed by atoms with Gasteiger partial charge in [-0.15, -0.1) is 11.3 Å².